The number of hydrogen-bond donors (Lipinski definition) is 14. The number of carbonyl (C=O) groups excluding carboxylic acids is 1. The van der Waals surface area contributed by atoms with E-state index >= 15 is 0 Å². The molecule has 0 aromatic carbocycles. The molecular formula is C26H45NO21. The Morgan fingerprint density at radius 3 is 1.50 bits per heavy atom. The highest BCUT2D eigenvalue weighted by molar-refractivity contribution is 5.73. The molecule has 0 bridgehead atoms. The molecule has 4 fully saturated rings. The Hall–Kier alpha value is -1.33. The predicted molar refractivity (Wildman–Crippen MR) is 145 cm³/mol. The van der Waals surface area contributed by atoms with Gasteiger partial charge in [0.15, 0.2) is 25.2 Å². The minimum absolute atomic E-state index is 0.755. The summed E-state index contributed by atoms with van der Waals surface area (Å²) in [5.41, 5.74) is 0. The summed E-state index contributed by atoms with van der Waals surface area (Å²) < 4.78 is 38.5. The van der Waals surface area contributed by atoms with Crippen molar-refractivity contribution in [2.45, 2.75) is 130 Å². The van der Waals surface area contributed by atoms with Crippen LogP contribution < -0.4 is 5.32 Å². The van der Waals surface area contributed by atoms with Crippen LogP contribution in [0.15, 0.2) is 0 Å². The fraction of sp³-hybridized carbons (Fsp3) is 0.962. The lowest BCUT2D eigenvalue weighted by Gasteiger charge is -2.49. The van der Waals surface area contributed by atoms with E-state index in [0.29, 0.717) is 0 Å². The predicted octanol–water partition coefficient (Wildman–Crippen LogP) is -9.61. The Morgan fingerprint density at radius 2 is 0.958 bits per heavy atom. The van der Waals surface area contributed by atoms with E-state index in [-0.39, 0.29) is 0 Å². The van der Waals surface area contributed by atoms with Crippen LogP contribution in [0.3, 0.4) is 0 Å². The number of amides is 1. The molecule has 4 rings (SSSR count). The quantitative estimate of drug-likeness (QED) is 0.0947. The van der Waals surface area contributed by atoms with Crippen LogP contribution in [0.25, 0.3) is 0 Å². The molecule has 4 heterocycles. The fourth-order valence-electron chi connectivity index (χ4n) is 5.95. The summed E-state index contributed by atoms with van der Waals surface area (Å²) in [6.07, 6.45) is -33.5. The molecule has 48 heavy (non-hydrogen) atoms. The molecule has 4 aliphatic heterocycles. The monoisotopic (exact) mass is 707 g/mol. The van der Waals surface area contributed by atoms with Gasteiger partial charge in [-0.2, -0.15) is 0 Å². The van der Waals surface area contributed by atoms with Gasteiger partial charge >= 0.3 is 0 Å². The summed E-state index contributed by atoms with van der Waals surface area (Å²) >= 11 is 0. The van der Waals surface area contributed by atoms with Crippen LogP contribution >= 0.6 is 0 Å². The summed E-state index contributed by atoms with van der Waals surface area (Å²) in [5.74, 6) is -0.755. The van der Waals surface area contributed by atoms with Crippen molar-refractivity contribution in [2.75, 3.05) is 26.4 Å². The third-order valence-electron chi connectivity index (χ3n) is 8.61. The molecule has 0 aliphatic carbocycles. The molecule has 22 nitrogen and oxygen atoms in total. The van der Waals surface area contributed by atoms with Gasteiger partial charge in [-0.05, 0) is 0 Å². The number of aliphatic hydroxyl groups excluding tert-OH is 13. The van der Waals surface area contributed by atoms with Crippen molar-refractivity contribution in [1.29, 1.82) is 0 Å². The van der Waals surface area contributed by atoms with E-state index < -0.39 is 155 Å². The molecule has 22 heteroatoms. The maximum absolute atomic E-state index is 12.2. The van der Waals surface area contributed by atoms with Crippen LogP contribution in [0.1, 0.15) is 6.92 Å². The summed E-state index contributed by atoms with van der Waals surface area (Å²) in [7, 11) is 0. The Labute approximate surface area is 272 Å². The lowest BCUT2D eigenvalue weighted by molar-refractivity contribution is -0.380. The highest BCUT2D eigenvalue weighted by atomic mass is 16.8. The zero-order valence-electron chi connectivity index (χ0n) is 25.5. The third-order valence-corrected chi connectivity index (χ3v) is 8.61. The SMILES string of the molecule is CC(=O)NC1[C@H](O[C@@H]2C(O)[C@H](O[C@@H]3C(CO)O[C@@H](O)C(O)[C@H]3O)OC(CO)[C@@H]2O)OC(CO)[C@@H](O[C@@H]2OC(CO)[C@H](O)[C@H](O)C2O)[C@@H]1O. The number of aliphatic hydroxyl groups is 13. The van der Waals surface area contributed by atoms with Gasteiger partial charge in [0.1, 0.15) is 97.6 Å². The van der Waals surface area contributed by atoms with Gasteiger partial charge in [-0.15, -0.1) is 0 Å². The Morgan fingerprint density at radius 1 is 0.500 bits per heavy atom. The van der Waals surface area contributed by atoms with Gasteiger partial charge in [0.05, 0.1) is 26.4 Å². The second-order valence-electron chi connectivity index (χ2n) is 11.9. The number of carbonyl (C=O) groups is 1. The van der Waals surface area contributed by atoms with Crippen molar-refractivity contribution in [3.63, 3.8) is 0 Å². The fourth-order valence-corrected chi connectivity index (χ4v) is 5.95. The summed E-state index contributed by atoms with van der Waals surface area (Å²) in [6.45, 7) is -2.37. The van der Waals surface area contributed by atoms with E-state index in [2.05, 4.69) is 5.32 Å². The topological polar surface area (TPSA) is 357 Å². The number of ether oxygens (including phenoxy) is 7. The minimum Gasteiger partial charge on any atom is -0.394 e. The maximum atomic E-state index is 12.2. The highest BCUT2D eigenvalue weighted by Gasteiger charge is 2.55. The van der Waals surface area contributed by atoms with E-state index in [0.717, 1.165) is 6.92 Å². The van der Waals surface area contributed by atoms with E-state index in [4.69, 9.17) is 33.2 Å². The lowest BCUT2D eigenvalue weighted by Crippen LogP contribution is -2.69. The highest BCUT2D eigenvalue weighted by Crippen LogP contribution is 2.34. The standard InChI is InChI=1S/C26H45NO21/c1-6(32)27-11-14(35)20(46-25-18(39)15(36)12(33)7(2-28)43-25)10(5-31)45-24(11)48-22-13(34)8(3-29)44-26(19(22)40)47-21-9(4-30)42-23(41)17(38)16(21)37/h7-26,28-31,33-41H,2-5H2,1H3,(H,27,32)/t7?,8?,9?,10?,11?,12-,13-,14+,15-,16+,17?,18?,19?,20+,21+,22-,23+,24-,25-,26-/m0/s1. The first-order valence-corrected chi connectivity index (χ1v) is 15.1. The Balaban J connectivity index is 1.56. The van der Waals surface area contributed by atoms with Crippen LogP contribution in [0, 0.1) is 0 Å². The third kappa shape index (κ3) is 8.08. The molecule has 0 spiro atoms. The van der Waals surface area contributed by atoms with E-state index in [1.807, 2.05) is 0 Å². The van der Waals surface area contributed by atoms with Crippen molar-refractivity contribution < 1.29 is 104 Å². The van der Waals surface area contributed by atoms with Gasteiger partial charge in [-0.1, -0.05) is 0 Å². The molecule has 280 valence electrons. The molecule has 0 aromatic rings. The average molecular weight is 708 g/mol. The van der Waals surface area contributed by atoms with E-state index in [1.54, 1.807) is 0 Å². The molecule has 1 amide bonds. The molecule has 0 radical (unpaired) electrons. The number of hydrogen-bond acceptors (Lipinski definition) is 21. The number of nitrogens with one attached hydrogen (secondary N) is 1. The smallest absolute Gasteiger partial charge is 0.217 e. The second kappa shape index (κ2) is 16.8. The van der Waals surface area contributed by atoms with E-state index in [9.17, 15) is 71.2 Å². The van der Waals surface area contributed by atoms with Crippen LogP contribution in [0.4, 0.5) is 0 Å². The zero-order valence-corrected chi connectivity index (χ0v) is 25.5. The largest absolute Gasteiger partial charge is 0.394 e. The average Bonchev–Trinajstić information content (AvgIpc) is 3.06. The van der Waals surface area contributed by atoms with Crippen molar-refractivity contribution in [1.82, 2.24) is 5.32 Å². The first-order valence-electron chi connectivity index (χ1n) is 15.1. The molecule has 4 aliphatic rings. The number of rotatable bonds is 11. The molecular weight excluding hydrogens is 662 g/mol. The van der Waals surface area contributed by atoms with Crippen LogP contribution in [-0.4, -0.2) is 221 Å². The molecule has 4 saturated heterocycles. The molecule has 8 unspecified atom stereocenters. The van der Waals surface area contributed by atoms with Crippen LogP contribution in [0.5, 0.6) is 0 Å². The van der Waals surface area contributed by atoms with Crippen LogP contribution in [0.2, 0.25) is 0 Å². The van der Waals surface area contributed by atoms with Crippen molar-refractivity contribution in [3.05, 3.63) is 0 Å². The van der Waals surface area contributed by atoms with Gasteiger partial charge in [0, 0.05) is 6.92 Å². The first kappa shape index (κ1) is 39.5. The molecule has 20 atom stereocenters. The molecule has 0 aromatic heterocycles. The molecule has 14 N–H and O–H groups in total. The van der Waals surface area contributed by atoms with Gasteiger partial charge in [-0.25, -0.2) is 0 Å². The van der Waals surface area contributed by atoms with Crippen molar-refractivity contribution in [3.8, 4) is 0 Å². The normalized spacial score (nSPS) is 50.2. The minimum atomic E-state index is -2.02. The summed E-state index contributed by atoms with van der Waals surface area (Å²) in [5, 5.41) is 136. The second-order valence-corrected chi connectivity index (χ2v) is 11.9. The summed E-state index contributed by atoms with van der Waals surface area (Å²) in [6, 6.07) is -1.61. The van der Waals surface area contributed by atoms with Gasteiger partial charge in [-0.3, -0.25) is 4.79 Å². The summed E-state index contributed by atoms with van der Waals surface area (Å²) in [4.78, 5) is 12.2. The van der Waals surface area contributed by atoms with Crippen molar-refractivity contribution >= 4 is 5.91 Å². The maximum Gasteiger partial charge on any atom is 0.217 e. The van der Waals surface area contributed by atoms with Crippen molar-refractivity contribution in [2.24, 2.45) is 0 Å². The Bertz CT molecular complexity index is 1030. The first-order chi connectivity index (χ1) is 22.7. The Kier molecular flexibility index (Phi) is 13.8. The van der Waals surface area contributed by atoms with Gasteiger partial charge in [0.25, 0.3) is 0 Å². The lowest BCUT2D eigenvalue weighted by atomic mass is 9.94. The van der Waals surface area contributed by atoms with Crippen LogP contribution in [-0.2, 0) is 38.0 Å². The molecule has 0 saturated carbocycles. The van der Waals surface area contributed by atoms with Gasteiger partial charge < -0.3 is 105 Å². The zero-order chi connectivity index (χ0) is 35.6. The van der Waals surface area contributed by atoms with Gasteiger partial charge in [0.2, 0.25) is 5.91 Å². The van der Waals surface area contributed by atoms with E-state index in [1.165, 1.54) is 0 Å².